The van der Waals surface area contributed by atoms with Crippen LogP contribution in [0.25, 0.3) is 0 Å². The Labute approximate surface area is 165 Å². The van der Waals surface area contributed by atoms with E-state index in [1.54, 1.807) is 7.11 Å². The number of allylic oxidation sites excluding steroid dienone is 2. The number of rotatable bonds is 3. The third kappa shape index (κ3) is 3.14. The molecule has 0 spiro atoms. The lowest BCUT2D eigenvalue weighted by Gasteiger charge is -2.35. The van der Waals surface area contributed by atoms with Crippen molar-refractivity contribution in [3.05, 3.63) is 77.0 Å². The molecule has 2 aliphatic rings. The maximum Gasteiger partial charge on any atom is 0.161 e. The maximum absolute atomic E-state index is 13.2. The van der Waals surface area contributed by atoms with E-state index in [0.717, 1.165) is 34.7 Å². The van der Waals surface area contributed by atoms with Gasteiger partial charge in [-0.3, -0.25) is 9.79 Å². The molecule has 0 bridgehead atoms. The summed E-state index contributed by atoms with van der Waals surface area (Å²) >= 11 is 0. The molecular formula is C24H22N2O2. The normalized spacial score (nSPS) is 24.2. The maximum atomic E-state index is 13.2. The minimum atomic E-state index is -0.427. The Morgan fingerprint density at radius 3 is 2.39 bits per heavy atom. The van der Waals surface area contributed by atoms with Crippen LogP contribution < -0.4 is 4.74 Å². The predicted molar refractivity (Wildman–Crippen MR) is 108 cm³/mol. The number of nitriles is 1. The van der Waals surface area contributed by atoms with Crippen LogP contribution in [-0.4, -0.2) is 18.6 Å². The third-order valence-corrected chi connectivity index (χ3v) is 5.77. The molecule has 4 rings (SSSR count). The van der Waals surface area contributed by atoms with Crippen molar-refractivity contribution in [2.45, 2.75) is 31.6 Å². The number of ether oxygens (including phenoxy) is 1. The largest absolute Gasteiger partial charge is 0.497 e. The Balaban J connectivity index is 1.77. The standard InChI is InChI=1S/C24H22N2O2/c1-15-20(14-25)23(17-8-10-19(28-2)11-9-17)24-21(26-15)12-18(13-22(24)27)16-6-4-3-5-7-16/h3-11,18,20,23H,12-13H2,1-2H3/t18-,20?,23+/m1/s1. The highest BCUT2D eigenvalue weighted by molar-refractivity contribution is 6.03. The number of carbonyl (C=O) groups excluding carboxylic acids is 1. The predicted octanol–water partition coefficient (Wildman–Crippen LogP) is 4.79. The van der Waals surface area contributed by atoms with E-state index in [9.17, 15) is 10.1 Å². The number of nitrogens with zero attached hydrogens (tertiary/aromatic N) is 2. The van der Waals surface area contributed by atoms with Crippen molar-refractivity contribution in [2.75, 3.05) is 7.11 Å². The van der Waals surface area contributed by atoms with E-state index in [0.29, 0.717) is 6.42 Å². The number of hydrogen-bond donors (Lipinski definition) is 0. The van der Waals surface area contributed by atoms with E-state index in [-0.39, 0.29) is 17.6 Å². The third-order valence-electron chi connectivity index (χ3n) is 5.77. The topological polar surface area (TPSA) is 62.4 Å². The average Bonchev–Trinajstić information content (AvgIpc) is 2.73. The van der Waals surface area contributed by atoms with Gasteiger partial charge < -0.3 is 4.74 Å². The summed E-state index contributed by atoms with van der Waals surface area (Å²) in [6.45, 7) is 1.89. The van der Waals surface area contributed by atoms with Crippen molar-refractivity contribution >= 4 is 11.5 Å². The van der Waals surface area contributed by atoms with Gasteiger partial charge in [-0.25, -0.2) is 0 Å². The summed E-state index contributed by atoms with van der Waals surface area (Å²) in [7, 11) is 1.62. The van der Waals surface area contributed by atoms with Crippen LogP contribution in [0, 0.1) is 17.2 Å². The summed E-state index contributed by atoms with van der Waals surface area (Å²) in [5, 5.41) is 9.81. The summed E-state index contributed by atoms with van der Waals surface area (Å²) in [6.07, 6.45) is 1.19. The number of benzene rings is 2. The number of hydrogen-bond acceptors (Lipinski definition) is 4. The molecule has 2 aromatic carbocycles. The van der Waals surface area contributed by atoms with Gasteiger partial charge in [-0.05, 0) is 42.5 Å². The van der Waals surface area contributed by atoms with Crippen LogP contribution >= 0.6 is 0 Å². The number of ketones is 1. The van der Waals surface area contributed by atoms with Crippen molar-refractivity contribution in [1.82, 2.24) is 0 Å². The van der Waals surface area contributed by atoms with Gasteiger partial charge in [0.25, 0.3) is 0 Å². The number of methoxy groups -OCH3 is 1. The van der Waals surface area contributed by atoms with E-state index in [4.69, 9.17) is 9.73 Å². The van der Waals surface area contributed by atoms with Crippen LogP contribution in [0.4, 0.5) is 0 Å². The smallest absolute Gasteiger partial charge is 0.161 e. The molecule has 4 heteroatoms. The van der Waals surface area contributed by atoms with Crippen molar-refractivity contribution < 1.29 is 9.53 Å². The Kier molecular flexibility index (Phi) is 4.83. The summed E-state index contributed by atoms with van der Waals surface area (Å²) in [5.41, 5.74) is 4.47. The molecule has 2 aromatic rings. The van der Waals surface area contributed by atoms with Gasteiger partial charge in [-0.15, -0.1) is 0 Å². The van der Waals surface area contributed by atoms with Crippen LogP contribution in [0.5, 0.6) is 5.75 Å². The van der Waals surface area contributed by atoms with Crippen molar-refractivity contribution in [3.63, 3.8) is 0 Å². The zero-order chi connectivity index (χ0) is 19.7. The zero-order valence-electron chi connectivity index (χ0n) is 16.1. The Morgan fingerprint density at radius 1 is 1.04 bits per heavy atom. The fourth-order valence-corrected chi connectivity index (χ4v) is 4.36. The highest BCUT2D eigenvalue weighted by atomic mass is 16.5. The lowest BCUT2D eigenvalue weighted by molar-refractivity contribution is -0.116. The van der Waals surface area contributed by atoms with Crippen molar-refractivity contribution in [2.24, 2.45) is 10.9 Å². The second kappa shape index (κ2) is 7.44. The molecule has 1 unspecified atom stereocenters. The van der Waals surface area contributed by atoms with Gasteiger partial charge in [0.05, 0.1) is 19.1 Å². The number of aliphatic imine (C=N–C) groups is 1. The van der Waals surface area contributed by atoms with Gasteiger partial charge in [0.1, 0.15) is 5.75 Å². The molecule has 0 amide bonds. The van der Waals surface area contributed by atoms with Crippen LogP contribution in [-0.2, 0) is 4.79 Å². The molecule has 0 saturated carbocycles. The molecule has 140 valence electrons. The average molecular weight is 370 g/mol. The number of Topliss-reactive ketones (excluding diaryl/α,β-unsaturated/α-hetero) is 1. The summed E-state index contributed by atoms with van der Waals surface area (Å²) in [5.74, 6) is 0.301. The van der Waals surface area contributed by atoms with Gasteiger partial charge in [-0.2, -0.15) is 5.26 Å². The first kappa shape index (κ1) is 18.2. The Morgan fingerprint density at radius 2 is 1.75 bits per heavy atom. The monoisotopic (exact) mass is 370 g/mol. The fourth-order valence-electron chi connectivity index (χ4n) is 4.36. The molecule has 0 radical (unpaired) electrons. The molecule has 1 aliphatic heterocycles. The first-order chi connectivity index (χ1) is 13.6. The lowest BCUT2D eigenvalue weighted by atomic mass is 9.69. The molecule has 1 heterocycles. The van der Waals surface area contributed by atoms with Gasteiger partial charge in [0, 0.05) is 29.3 Å². The first-order valence-electron chi connectivity index (χ1n) is 9.52. The summed E-state index contributed by atoms with van der Waals surface area (Å²) in [4.78, 5) is 17.9. The molecule has 0 fully saturated rings. The lowest BCUT2D eigenvalue weighted by Crippen LogP contribution is -2.32. The summed E-state index contributed by atoms with van der Waals surface area (Å²) in [6, 6.07) is 20.2. The highest BCUT2D eigenvalue weighted by Gasteiger charge is 2.41. The van der Waals surface area contributed by atoms with Crippen LogP contribution in [0.2, 0.25) is 0 Å². The fraction of sp³-hybridized carbons (Fsp3) is 0.292. The van der Waals surface area contributed by atoms with E-state index >= 15 is 0 Å². The quantitative estimate of drug-likeness (QED) is 0.780. The van der Waals surface area contributed by atoms with Gasteiger partial charge in [0.15, 0.2) is 5.78 Å². The first-order valence-corrected chi connectivity index (χ1v) is 9.52. The highest BCUT2D eigenvalue weighted by Crippen LogP contribution is 2.46. The van der Waals surface area contributed by atoms with E-state index < -0.39 is 5.92 Å². The second-order valence-corrected chi connectivity index (χ2v) is 7.41. The van der Waals surface area contributed by atoms with Crippen LogP contribution in [0.1, 0.15) is 42.7 Å². The molecule has 0 N–H and O–H groups in total. The molecule has 0 saturated heterocycles. The van der Waals surface area contributed by atoms with Crippen molar-refractivity contribution in [1.29, 1.82) is 5.26 Å². The zero-order valence-corrected chi connectivity index (χ0v) is 16.1. The van der Waals surface area contributed by atoms with Gasteiger partial charge in [-0.1, -0.05) is 42.5 Å². The molecule has 1 aliphatic carbocycles. The second-order valence-electron chi connectivity index (χ2n) is 7.41. The molecule has 3 atom stereocenters. The van der Waals surface area contributed by atoms with Crippen molar-refractivity contribution in [3.8, 4) is 11.8 Å². The Bertz CT molecular complexity index is 997. The summed E-state index contributed by atoms with van der Waals surface area (Å²) < 4.78 is 5.25. The minimum Gasteiger partial charge on any atom is -0.497 e. The molecule has 0 aromatic heterocycles. The van der Waals surface area contributed by atoms with Crippen LogP contribution in [0.15, 0.2) is 70.9 Å². The number of carbonyl (C=O) groups is 1. The molecule has 4 nitrogen and oxygen atoms in total. The van der Waals surface area contributed by atoms with Crippen LogP contribution in [0.3, 0.4) is 0 Å². The Hall–Kier alpha value is -3.19. The minimum absolute atomic E-state index is 0.104. The molecular weight excluding hydrogens is 348 g/mol. The SMILES string of the molecule is COc1ccc([C@@H]2C3=C(C[C@@H](c4ccccc4)CC3=O)N=C(C)C2C#N)cc1. The van der Waals surface area contributed by atoms with E-state index in [2.05, 4.69) is 18.2 Å². The van der Waals surface area contributed by atoms with E-state index in [1.165, 1.54) is 5.56 Å². The van der Waals surface area contributed by atoms with Gasteiger partial charge in [0.2, 0.25) is 0 Å². The molecule has 28 heavy (non-hydrogen) atoms. The van der Waals surface area contributed by atoms with Gasteiger partial charge >= 0.3 is 0 Å². The van der Waals surface area contributed by atoms with E-state index in [1.807, 2.05) is 49.4 Å².